The number of amides is 1. The van der Waals surface area contributed by atoms with Crippen LogP contribution < -0.4 is 5.32 Å². The molecular formula is C20H24N2O4. The first kappa shape index (κ1) is 18.2. The van der Waals surface area contributed by atoms with Crippen molar-refractivity contribution in [2.24, 2.45) is 0 Å². The number of carboxylic acid groups (broad SMARTS) is 1. The van der Waals surface area contributed by atoms with Gasteiger partial charge in [-0.2, -0.15) is 0 Å². The van der Waals surface area contributed by atoms with Crippen molar-refractivity contribution in [3.8, 4) is 11.5 Å². The Morgan fingerprint density at radius 2 is 1.81 bits per heavy atom. The van der Waals surface area contributed by atoms with Gasteiger partial charge in [-0.05, 0) is 31.9 Å². The van der Waals surface area contributed by atoms with Gasteiger partial charge in [0.05, 0.1) is 12.1 Å². The first-order chi connectivity index (χ1) is 12.5. The number of nitrogens with zero attached hydrogens (tertiary/aromatic N) is 1. The Hall–Kier alpha value is -2.63. The van der Waals surface area contributed by atoms with Crippen molar-refractivity contribution in [3.05, 3.63) is 41.8 Å². The third kappa shape index (κ3) is 3.95. The summed E-state index contributed by atoms with van der Waals surface area (Å²) in [6.45, 7) is 1.76. The molecule has 0 radical (unpaired) electrons. The summed E-state index contributed by atoms with van der Waals surface area (Å²) in [5.41, 5.74) is 0.219. The molecule has 1 aromatic carbocycles. The summed E-state index contributed by atoms with van der Waals surface area (Å²) in [5.74, 6) is -0.238. The number of aromatic nitrogens is 1. The second-order valence-electron chi connectivity index (χ2n) is 6.91. The van der Waals surface area contributed by atoms with E-state index in [1.165, 1.54) is 0 Å². The van der Waals surface area contributed by atoms with E-state index in [4.69, 9.17) is 4.42 Å². The number of oxazole rings is 1. The molecule has 0 atom stereocenters. The van der Waals surface area contributed by atoms with E-state index in [0.29, 0.717) is 30.2 Å². The summed E-state index contributed by atoms with van der Waals surface area (Å²) in [6, 6.07) is 9.47. The Labute approximate surface area is 152 Å². The quantitative estimate of drug-likeness (QED) is 0.800. The fourth-order valence-corrected chi connectivity index (χ4v) is 3.48. The zero-order valence-electron chi connectivity index (χ0n) is 15.0. The SMILES string of the molecule is Cc1oc(-c2ccccc2)nc1CC(=O)NC1(C(=O)O)CCCCCC1. The third-order valence-electron chi connectivity index (χ3n) is 4.99. The van der Waals surface area contributed by atoms with Crippen molar-refractivity contribution in [1.82, 2.24) is 10.3 Å². The van der Waals surface area contributed by atoms with E-state index in [1.807, 2.05) is 30.3 Å². The molecule has 0 unspecified atom stereocenters. The van der Waals surface area contributed by atoms with E-state index in [0.717, 1.165) is 31.2 Å². The molecule has 0 spiro atoms. The lowest BCUT2D eigenvalue weighted by Crippen LogP contribution is -2.54. The van der Waals surface area contributed by atoms with Gasteiger partial charge < -0.3 is 14.8 Å². The molecule has 1 aliphatic carbocycles. The first-order valence-electron chi connectivity index (χ1n) is 9.06. The lowest BCUT2D eigenvalue weighted by molar-refractivity contribution is -0.148. The van der Waals surface area contributed by atoms with Gasteiger partial charge in [-0.15, -0.1) is 0 Å². The Bertz CT molecular complexity index is 774. The molecule has 0 aliphatic heterocycles. The molecule has 1 amide bonds. The van der Waals surface area contributed by atoms with Gasteiger partial charge in [-0.3, -0.25) is 4.79 Å². The molecule has 1 saturated carbocycles. The molecule has 138 valence electrons. The van der Waals surface area contributed by atoms with Crippen LogP contribution in [0.5, 0.6) is 0 Å². The molecule has 6 nitrogen and oxygen atoms in total. The topological polar surface area (TPSA) is 92.4 Å². The van der Waals surface area contributed by atoms with Crippen molar-refractivity contribution < 1.29 is 19.1 Å². The number of benzene rings is 1. The van der Waals surface area contributed by atoms with Crippen LogP contribution in [0.15, 0.2) is 34.7 Å². The molecular weight excluding hydrogens is 332 g/mol. The van der Waals surface area contributed by atoms with E-state index in [-0.39, 0.29) is 12.3 Å². The lowest BCUT2D eigenvalue weighted by Gasteiger charge is -2.29. The number of carboxylic acids is 1. The number of nitrogens with one attached hydrogen (secondary N) is 1. The van der Waals surface area contributed by atoms with E-state index < -0.39 is 11.5 Å². The average molecular weight is 356 g/mol. The van der Waals surface area contributed by atoms with E-state index in [2.05, 4.69) is 10.3 Å². The minimum Gasteiger partial charge on any atom is -0.480 e. The minimum atomic E-state index is -1.16. The molecule has 1 aromatic heterocycles. The third-order valence-corrected chi connectivity index (χ3v) is 4.99. The summed E-state index contributed by atoms with van der Waals surface area (Å²) in [4.78, 5) is 28.8. The monoisotopic (exact) mass is 356 g/mol. The first-order valence-corrected chi connectivity index (χ1v) is 9.06. The highest BCUT2D eigenvalue weighted by molar-refractivity contribution is 5.88. The Balaban J connectivity index is 1.73. The number of aryl methyl sites for hydroxylation is 1. The molecule has 3 rings (SSSR count). The van der Waals surface area contributed by atoms with Gasteiger partial charge in [0.2, 0.25) is 11.8 Å². The predicted octanol–water partition coefficient (Wildman–Crippen LogP) is 3.49. The van der Waals surface area contributed by atoms with Crippen LogP contribution in [0, 0.1) is 6.92 Å². The zero-order chi connectivity index (χ0) is 18.6. The number of carbonyl (C=O) groups excluding carboxylic acids is 1. The second kappa shape index (κ2) is 7.72. The summed E-state index contributed by atoms with van der Waals surface area (Å²) in [7, 11) is 0. The maximum atomic E-state index is 12.5. The summed E-state index contributed by atoms with van der Waals surface area (Å²) < 4.78 is 5.68. The van der Waals surface area contributed by atoms with Crippen LogP contribution in [0.1, 0.15) is 50.0 Å². The molecule has 1 fully saturated rings. The van der Waals surface area contributed by atoms with Gasteiger partial charge in [-0.25, -0.2) is 9.78 Å². The number of aliphatic carboxylic acids is 1. The maximum absolute atomic E-state index is 12.5. The minimum absolute atomic E-state index is 0.0111. The van der Waals surface area contributed by atoms with Crippen LogP contribution in [0.4, 0.5) is 0 Å². The molecule has 1 heterocycles. The average Bonchev–Trinajstić information content (AvgIpc) is 2.83. The fraction of sp³-hybridized carbons (Fsp3) is 0.450. The van der Waals surface area contributed by atoms with Gasteiger partial charge in [0, 0.05) is 5.56 Å². The predicted molar refractivity (Wildman–Crippen MR) is 96.6 cm³/mol. The van der Waals surface area contributed by atoms with Gasteiger partial charge in [-0.1, -0.05) is 43.9 Å². The van der Waals surface area contributed by atoms with Crippen molar-refractivity contribution in [2.75, 3.05) is 0 Å². The van der Waals surface area contributed by atoms with E-state index in [9.17, 15) is 14.7 Å². The van der Waals surface area contributed by atoms with E-state index in [1.54, 1.807) is 6.92 Å². The molecule has 2 N–H and O–H groups in total. The van der Waals surface area contributed by atoms with Crippen molar-refractivity contribution in [2.45, 2.75) is 57.4 Å². The van der Waals surface area contributed by atoms with Crippen LogP contribution in [0.25, 0.3) is 11.5 Å². The highest BCUT2D eigenvalue weighted by Gasteiger charge is 2.40. The zero-order valence-corrected chi connectivity index (χ0v) is 15.0. The number of hydrogen-bond donors (Lipinski definition) is 2. The Morgan fingerprint density at radius 3 is 2.42 bits per heavy atom. The van der Waals surface area contributed by atoms with E-state index >= 15 is 0 Å². The van der Waals surface area contributed by atoms with Gasteiger partial charge in [0.25, 0.3) is 0 Å². The van der Waals surface area contributed by atoms with Crippen molar-refractivity contribution in [1.29, 1.82) is 0 Å². The van der Waals surface area contributed by atoms with Crippen LogP contribution in [0.3, 0.4) is 0 Å². The smallest absolute Gasteiger partial charge is 0.329 e. The normalized spacial score (nSPS) is 16.7. The standard InChI is InChI=1S/C20H24N2O4/c1-14-16(21-18(26-14)15-9-5-4-6-10-15)13-17(23)22-20(19(24)25)11-7-2-3-8-12-20/h4-6,9-10H,2-3,7-8,11-13H2,1H3,(H,22,23)(H,24,25). The number of hydrogen-bond acceptors (Lipinski definition) is 4. The van der Waals surface area contributed by atoms with Gasteiger partial charge in [0.15, 0.2) is 0 Å². The highest BCUT2D eigenvalue weighted by Crippen LogP contribution is 2.28. The van der Waals surface area contributed by atoms with Crippen LogP contribution in [-0.2, 0) is 16.0 Å². The Morgan fingerprint density at radius 1 is 1.15 bits per heavy atom. The summed E-state index contributed by atoms with van der Waals surface area (Å²) in [5, 5.41) is 12.5. The number of carbonyl (C=O) groups is 2. The molecule has 0 bridgehead atoms. The molecule has 0 saturated heterocycles. The molecule has 1 aliphatic rings. The Kier molecular flexibility index (Phi) is 5.40. The maximum Gasteiger partial charge on any atom is 0.329 e. The summed E-state index contributed by atoms with van der Waals surface area (Å²) >= 11 is 0. The summed E-state index contributed by atoms with van der Waals surface area (Å²) in [6.07, 6.45) is 4.60. The van der Waals surface area contributed by atoms with Crippen LogP contribution >= 0.6 is 0 Å². The molecule has 26 heavy (non-hydrogen) atoms. The fourth-order valence-electron chi connectivity index (χ4n) is 3.48. The van der Waals surface area contributed by atoms with Crippen molar-refractivity contribution in [3.63, 3.8) is 0 Å². The molecule has 6 heteroatoms. The second-order valence-corrected chi connectivity index (χ2v) is 6.91. The van der Waals surface area contributed by atoms with Gasteiger partial charge in [0.1, 0.15) is 11.3 Å². The highest BCUT2D eigenvalue weighted by atomic mass is 16.4. The number of rotatable bonds is 5. The largest absolute Gasteiger partial charge is 0.480 e. The van der Waals surface area contributed by atoms with Crippen LogP contribution in [-0.4, -0.2) is 27.5 Å². The lowest BCUT2D eigenvalue weighted by atomic mass is 9.90. The van der Waals surface area contributed by atoms with Crippen LogP contribution in [0.2, 0.25) is 0 Å². The van der Waals surface area contributed by atoms with Gasteiger partial charge >= 0.3 is 5.97 Å². The molecule has 2 aromatic rings. The van der Waals surface area contributed by atoms with Crippen molar-refractivity contribution >= 4 is 11.9 Å².